The highest BCUT2D eigenvalue weighted by atomic mass is 15.3. The molecule has 0 radical (unpaired) electrons. The van der Waals surface area contributed by atoms with Crippen LogP contribution in [0.15, 0.2) is 12.1 Å². The summed E-state index contributed by atoms with van der Waals surface area (Å²) < 4.78 is 0. The Morgan fingerprint density at radius 1 is 1.31 bits per heavy atom. The normalized spacial score (nSPS) is 22.9. The number of fused-ring (bicyclic) bond motifs is 1. The van der Waals surface area contributed by atoms with Gasteiger partial charge in [0.15, 0.2) is 0 Å². The van der Waals surface area contributed by atoms with E-state index in [1.807, 2.05) is 0 Å². The van der Waals surface area contributed by atoms with Crippen LogP contribution in [0.4, 0.5) is 0 Å². The van der Waals surface area contributed by atoms with Crippen molar-refractivity contribution < 1.29 is 0 Å². The number of hydrogen-bond acceptors (Lipinski definition) is 3. The summed E-state index contributed by atoms with van der Waals surface area (Å²) in [5.41, 5.74) is 3.91. The summed E-state index contributed by atoms with van der Waals surface area (Å²) in [7, 11) is 2.19. The zero-order chi connectivity index (χ0) is 11.1. The molecule has 2 aliphatic heterocycles. The number of aryl methyl sites for hydroxylation is 1. The van der Waals surface area contributed by atoms with E-state index in [0.717, 1.165) is 24.7 Å². The van der Waals surface area contributed by atoms with Crippen molar-refractivity contribution in [2.24, 2.45) is 0 Å². The molecule has 1 saturated heterocycles. The quantitative estimate of drug-likeness (QED) is 0.701. The number of likely N-dealkylation sites (tertiary alicyclic amines) is 1. The van der Waals surface area contributed by atoms with Crippen molar-refractivity contribution in [3.8, 4) is 0 Å². The van der Waals surface area contributed by atoms with Gasteiger partial charge in [0.05, 0.1) is 0 Å². The van der Waals surface area contributed by atoms with Gasteiger partial charge in [0, 0.05) is 50.0 Å². The van der Waals surface area contributed by atoms with Gasteiger partial charge in [-0.15, -0.1) is 0 Å². The summed E-state index contributed by atoms with van der Waals surface area (Å²) in [4.78, 5) is 9.62. The lowest BCUT2D eigenvalue weighted by Gasteiger charge is -2.45. The number of nitrogens with zero attached hydrogens (tertiary/aromatic N) is 3. The number of likely N-dealkylation sites (N-methyl/N-ethyl adjacent to an activating group) is 1. The molecule has 1 aromatic heterocycles. The van der Waals surface area contributed by atoms with E-state index in [0.29, 0.717) is 0 Å². The van der Waals surface area contributed by atoms with Gasteiger partial charge in [-0.2, -0.15) is 0 Å². The van der Waals surface area contributed by atoms with E-state index >= 15 is 0 Å². The summed E-state index contributed by atoms with van der Waals surface area (Å²) in [6.45, 7) is 6.82. The summed E-state index contributed by atoms with van der Waals surface area (Å²) in [6, 6.07) is 5.17. The molecule has 0 aliphatic carbocycles. The number of aromatic nitrogens is 1. The second-order valence-electron chi connectivity index (χ2n) is 5.15. The molecule has 0 atom stereocenters. The minimum Gasteiger partial charge on any atom is -0.303 e. The van der Waals surface area contributed by atoms with Crippen molar-refractivity contribution in [2.75, 3.05) is 26.7 Å². The van der Waals surface area contributed by atoms with Crippen LogP contribution in [0.1, 0.15) is 17.0 Å². The lowest BCUT2D eigenvalue weighted by Crippen LogP contribution is -2.58. The summed E-state index contributed by atoms with van der Waals surface area (Å²) in [6.07, 6.45) is 1.12. The van der Waals surface area contributed by atoms with Crippen LogP contribution in [0.2, 0.25) is 0 Å². The lowest BCUT2D eigenvalue weighted by molar-refractivity contribution is 0.0430. The van der Waals surface area contributed by atoms with Crippen LogP contribution >= 0.6 is 0 Å². The minimum atomic E-state index is 0.777. The van der Waals surface area contributed by atoms with E-state index in [1.165, 1.54) is 30.9 Å². The van der Waals surface area contributed by atoms with E-state index in [2.05, 4.69) is 40.9 Å². The van der Waals surface area contributed by atoms with Crippen molar-refractivity contribution in [3.63, 3.8) is 0 Å². The molecule has 3 nitrogen and oxygen atoms in total. The van der Waals surface area contributed by atoms with Gasteiger partial charge in [-0.1, -0.05) is 6.07 Å². The Balaban J connectivity index is 1.74. The Bertz CT molecular complexity index is 396. The van der Waals surface area contributed by atoms with Gasteiger partial charge in [-0.05, 0) is 25.6 Å². The van der Waals surface area contributed by atoms with Gasteiger partial charge in [0.2, 0.25) is 0 Å². The van der Waals surface area contributed by atoms with Crippen LogP contribution in [-0.4, -0.2) is 47.5 Å². The van der Waals surface area contributed by atoms with Crippen molar-refractivity contribution in [1.82, 2.24) is 14.8 Å². The second kappa shape index (κ2) is 3.82. The van der Waals surface area contributed by atoms with Gasteiger partial charge >= 0.3 is 0 Å². The number of pyridine rings is 1. The Hall–Kier alpha value is -0.930. The maximum absolute atomic E-state index is 4.63. The van der Waals surface area contributed by atoms with Gasteiger partial charge in [-0.3, -0.25) is 9.88 Å². The van der Waals surface area contributed by atoms with Gasteiger partial charge in [-0.25, -0.2) is 0 Å². The zero-order valence-corrected chi connectivity index (χ0v) is 10.1. The van der Waals surface area contributed by atoms with E-state index in [9.17, 15) is 0 Å². The zero-order valence-electron chi connectivity index (χ0n) is 10.1. The molecule has 0 amide bonds. The molecule has 3 rings (SSSR count). The first kappa shape index (κ1) is 10.2. The molecule has 0 aromatic carbocycles. The highest BCUT2D eigenvalue weighted by Crippen LogP contribution is 2.22. The molecule has 0 bridgehead atoms. The number of hydrogen-bond donors (Lipinski definition) is 0. The first-order valence-corrected chi connectivity index (χ1v) is 6.10. The molecule has 2 aliphatic rings. The maximum atomic E-state index is 4.63. The van der Waals surface area contributed by atoms with Crippen LogP contribution in [0.5, 0.6) is 0 Å². The number of rotatable bonds is 1. The molecule has 0 unspecified atom stereocenters. The third kappa shape index (κ3) is 1.74. The molecule has 1 fully saturated rings. The maximum Gasteiger partial charge on any atom is 0.0464 e. The molecule has 0 spiro atoms. The average Bonchev–Trinajstić information content (AvgIpc) is 2.24. The first-order valence-electron chi connectivity index (χ1n) is 6.10. The van der Waals surface area contributed by atoms with E-state index in [1.54, 1.807) is 0 Å². The third-order valence-corrected chi connectivity index (χ3v) is 3.78. The summed E-state index contributed by atoms with van der Waals surface area (Å²) in [5, 5.41) is 0. The molecular weight excluding hydrogens is 198 g/mol. The van der Waals surface area contributed by atoms with Crippen LogP contribution in [0, 0.1) is 6.92 Å². The van der Waals surface area contributed by atoms with Gasteiger partial charge in [0.25, 0.3) is 0 Å². The van der Waals surface area contributed by atoms with E-state index in [-0.39, 0.29) is 0 Å². The Morgan fingerprint density at radius 3 is 2.88 bits per heavy atom. The van der Waals surface area contributed by atoms with Crippen molar-refractivity contribution in [3.05, 3.63) is 29.1 Å². The molecule has 0 N–H and O–H groups in total. The Kier molecular flexibility index (Phi) is 2.45. The van der Waals surface area contributed by atoms with Gasteiger partial charge < -0.3 is 4.90 Å². The fraction of sp³-hybridized carbons (Fsp3) is 0.615. The third-order valence-electron chi connectivity index (χ3n) is 3.78. The molecule has 0 saturated carbocycles. The largest absolute Gasteiger partial charge is 0.303 e. The van der Waals surface area contributed by atoms with Crippen LogP contribution < -0.4 is 0 Å². The topological polar surface area (TPSA) is 19.4 Å². The monoisotopic (exact) mass is 217 g/mol. The molecule has 86 valence electrons. The fourth-order valence-corrected chi connectivity index (χ4v) is 2.76. The van der Waals surface area contributed by atoms with Gasteiger partial charge in [0.1, 0.15) is 0 Å². The van der Waals surface area contributed by atoms with E-state index < -0.39 is 0 Å². The average molecular weight is 217 g/mol. The molecule has 1 aromatic rings. The standard InChI is InChI=1S/C13H19N3/c1-10-3-4-11-7-16(6-5-13(11)14-10)12-8-15(2)9-12/h3-4,12H,5-9H2,1-2H3. The predicted octanol–water partition coefficient (Wildman–Crippen LogP) is 1.06. The van der Waals surface area contributed by atoms with Crippen molar-refractivity contribution in [1.29, 1.82) is 0 Å². The molecule has 3 heterocycles. The smallest absolute Gasteiger partial charge is 0.0464 e. The fourth-order valence-electron chi connectivity index (χ4n) is 2.76. The van der Waals surface area contributed by atoms with Crippen LogP contribution in [-0.2, 0) is 13.0 Å². The summed E-state index contributed by atoms with van der Waals surface area (Å²) >= 11 is 0. The first-order chi connectivity index (χ1) is 7.72. The van der Waals surface area contributed by atoms with Crippen LogP contribution in [0.25, 0.3) is 0 Å². The molecular formula is C13H19N3. The summed E-state index contributed by atoms with van der Waals surface area (Å²) in [5.74, 6) is 0. The molecule has 3 heteroatoms. The van der Waals surface area contributed by atoms with Crippen LogP contribution in [0.3, 0.4) is 0 Å². The van der Waals surface area contributed by atoms with Crippen molar-refractivity contribution >= 4 is 0 Å². The highest BCUT2D eigenvalue weighted by molar-refractivity contribution is 5.25. The highest BCUT2D eigenvalue weighted by Gasteiger charge is 2.31. The minimum absolute atomic E-state index is 0.777. The molecule has 16 heavy (non-hydrogen) atoms. The SMILES string of the molecule is Cc1ccc2c(n1)CCN(C1CN(C)C1)C2. The lowest BCUT2D eigenvalue weighted by atomic mass is 10.0. The van der Waals surface area contributed by atoms with Crippen molar-refractivity contribution in [2.45, 2.75) is 25.9 Å². The Morgan fingerprint density at radius 2 is 2.12 bits per heavy atom. The second-order valence-corrected chi connectivity index (χ2v) is 5.15. The Labute approximate surface area is 97.1 Å². The van der Waals surface area contributed by atoms with E-state index in [4.69, 9.17) is 0 Å². The predicted molar refractivity (Wildman–Crippen MR) is 64.4 cm³/mol.